The van der Waals surface area contributed by atoms with Crippen molar-refractivity contribution < 1.29 is 19.1 Å². The van der Waals surface area contributed by atoms with Crippen molar-refractivity contribution in [1.29, 1.82) is 0 Å². The van der Waals surface area contributed by atoms with Crippen LogP contribution in [0.5, 0.6) is 5.75 Å². The van der Waals surface area contributed by atoms with Crippen molar-refractivity contribution in [3.8, 4) is 5.75 Å². The number of rotatable bonds is 4. The lowest BCUT2D eigenvalue weighted by Gasteiger charge is -2.33. The Bertz CT molecular complexity index is 553. The maximum atomic E-state index is 12.2. The van der Waals surface area contributed by atoms with Crippen molar-refractivity contribution in [1.82, 2.24) is 0 Å². The minimum Gasteiger partial charge on any atom is -0.479 e. The highest BCUT2D eigenvalue weighted by Gasteiger charge is 2.32. The van der Waals surface area contributed by atoms with E-state index in [9.17, 15) is 9.59 Å². The van der Waals surface area contributed by atoms with E-state index in [0.717, 1.165) is 0 Å². The molecule has 1 atom stereocenters. The van der Waals surface area contributed by atoms with Gasteiger partial charge in [-0.2, -0.15) is 0 Å². The van der Waals surface area contributed by atoms with Crippen LogP contribution >= 0.6 is 0 Å². The Balaban J connectivity index is 2.24. The van der Waals surface area contributed by atoms with Crippen LogP contribution in [0.1, 0.15) is 13.8 Å². The van der Waals surface area contributed by atoms with Crippen LogP contribution < -0.4 is 9.64 Å². The number of para-hydroxylation sites is 2. The normalized spacial score (nSPS) is 17.2. The van der Waals surface area contributed by atoms with Crippen LogP contribution in [0.4, 0.5) is 5.69 Å². The highest BCUT2D eigenvalue weighted by atomic mass is 16.5. The molecular formula is C15H17NO4. The highest BCUT2D eigenvalue weighted by Crippen LogP contribution is 2.33. The van der Waals surface area contributed by atoms with Crippen molar-refractivity contribution >= 4 is 17.6 Å². The molecule has 0 fully saturated rings. The van der Waals surface area contributed by atoms with Gasteiger partial charge in [0.15, 0.2) is 6.10 Å². The molecule has 106 valence electrons. The summed E-state index contributed by atoms with van der Waals surface area (Å²) in [5.74, 6) is -0.0673. The molecule has 0 saturated carbocycles. The summed E-state index contributed by atoms with van der Waals surface area (Å²) in [6.45, 7) is 7.47. The van der Waals surface area contributed by atoms with E-state index in [-0.39, 0.29) is 24.6 Å². The second-order valence-electron chi connectivity index (χ2n) is 4.48. The zero-order chi connectivity index (χ0) is 14.7. The van der Waals surface area contributed by atoms with Gasteiger partial charge in [-0.3, -0.25) is 4.79 Å². The van der Waals surface area contributed by atoms with E-state index in [1.807, 2.05) is 12.1 Å². The van der Waals surface area contributed by atoms with Crippen LogP contribution in [-0.2, 0) is 14.3 Å². The van der Waals surface area contributed by atoms with Gasteiger partial charge >= 0.3 is 5.97 Å². The number of hydrogen-bond donors (Lipinski definition) is 0. The molecule has 1 unspecified atom stereocenters. The standard InChI is InChI=1S/C15H17NO4/c1-4-19-15(18)10(2)9-16-12-7-5-6-8-13(12)20-11(3)14(16)17/h5-8,11H,2,4,9H2,1,3H3. The number of hydrogen-bond acceptors (Lipinski definition) is 4. The van der Waals surface area contributed by atoms with Gasteiger partial charge in [0.05, 0.1) is 18.8 Å². The summed E-state index contributed by atoms with van der Waals surface area (Å²) in [6.07, 6.45) is -0.583. The van der Waals surface area contributed by atoms with E-state index in [2.05, 4.69) is 6.58 Å². The molecule has 1 aliphatic heterocycles. The number of carbonyl (C=O) groups is 2. The molecule has 5 nitrogen and oxygen atoms in total. The molecule has 0 radical (unpaired) electrons. The Hall–Kier alpha value is -2.30. The average molecular weight is 275 g/mol. The molecule has 20 heavy (non-hydrogen) atoms. The van der Waals surface area contributed by atoms with Gasteiger partial charge in [-0.05, 0) is 26.0 Å². The number of carbonyl (C=O) groups excluding carboxylic acids is 2. The maximum Gasteiger partial charge on any atom is 0.335 e. The molecular weight excluding hydrogens is 258 g/mol. The van der Waals surface area contributed by atoms with Crippen LogP contribution in [0.2, 0.25) is 0 Å². The summed E-state index contributed by atoms with van der Waals surface area (Å²) in [5, 5.41) is 0. The second kappa shape index (κ2) is 5.77. The van der Waals surface area contributed by atoms with E-state index >= 15 is 0 Å². The van der Waals surface area contributed by atoms with Gasteiger partial charge in [-0.25, -0.2) is 4.79 Å². The van der Waals surface area contributed by atoms with E-state index in [4.69, 9.17) is 9.47 Å². The third-order valence-electron chi connectivity index (χ3n) is 2.99. The summed E-state index contributed by atoms with van der Waals surface area (Å²) in [4.78, 5) is 25.3. The maximum absolute atomic E-state index is 12.2. The van der Waals surface area contributed by atoms with Gasteiger partial charge in [0.25, 0.3) is 5.91 Å². The summed E-state index contributed by atoms with van der Waals surface area (Å²) in [6, 6.07) is 7.21. The lowest BCUT2D eigenvalue weighted by atomic mass is 10.1. The first-order valence-corrected chi connectivity index (χ1v) is 6.46. The largest absolute Gasteiger partial charge is 0.479 e. The van der Waals surface area contributed by atoms with Gasteiger partial charge in [-0.15, -0.1) is 0 Å². The fraction of sp³-hybridized carbons (Fsp3) is 0.333. The molecule has 0 saturated heterocycles. The van der Waals surface area contributed by atoms with Crippen molar-refractivity contribution in [3.05, 3.63) is 36.4 Å². The smallest absolute Gasteiger partial charge is 0.335 e. The van der Waals surface area contributed by atoms with Crippen molar-refractivity contribution in [2.45, 2.75) is 20.0 Å². The van der Waals surface area contributed by atoms with E-state index in [1.165, 1.54) is 4.90 Å². The predicted molar refractivity (Wildman–Crippen MR) is 74.7 cm³/mol. The minimum atomic E-state index is -0.583. The third kappa shape index (κ3) is 2.66. The van der Waals surface area contributed by atoms with Crippen molar-refractivity contribution in [2.75, 3.05) is 18.1 Å². The Morgan fingerprint density at radius 2 is 2.15 bits per heavy atom. The molecule has 0 N–H and O–H groups in total. The van der Waals surface area contributed by atoms with Crippen LogP contribution in [0.25, 0.3) is 0 Å². The number of benzene rings is 1. The van der Waals surface area contributed by atoms with Crippen molar-refractivity contribution in [3.63, 3.8) is 0 Å². The van der Waals surface area contributed by atoms with Gasteiger partial charge < -0.3 is 14.4 Å². The topological polar surface area (TPSA) is 55.8 Å². The molecule has 0 spiro atoms. The molecule has 0 aromatic heterocycles. The third-order valence-corrected chi connectivity index (χ3v) is 2.99. The Morgan fingerprint density at radius 3 is 2.85 bits per heavy atom. The molecule has 1 amide bonds. The van der Waals surface area contributed by atoms with Gasteiger partial charge in [0.1, 0.15) is 5.75 Å². The van der Waals surface area contributed by atoms with Gasteiger partial charge in [0.2, 0.25) is 0 Å². The highest BCUT2D eigenvalue weighted by molar-refractivity contribution is 6.02. The number of anilines is 1. The summed E-state index contributed by atoms with van der Waals surface area (Å²) in [7, 11) is 0. The van der Waals surface area contributed by atoms with Crippen molar-refractivity contribution in [2.24, 2.45) is 0 Å². The first-order valence-electron chi connectivity index (χ1n) is 6.46. The number of esters is 1. The monoisotopic (exact) mass is 275 g/mol. The molecule has 1 aromatic carbocycles. The zero-order valence-corrected chi connectivity index (χ0v) is 11.6. The first-order chi connectivity index (χ1) is 9.54. The fourth-order valence-corrected chi connectivity index (χ4v) is 2.01. The van der Waals surface area contributed by atoms with Crippen LogP contribution in [0.3, 0.4) is 0 Å². The Kier molecular flexibility index (Phi) is 4.08. The molecule has 0 bridgehead atoms. The zero-order valence-electron chi connectivity index (χ0n) is 11.6. The first kappa shape index (κ1) is 14.1. The average Bonchev–Trinajstić information content (AvgIpc) is 2.43. The van der Waals surface area contributed by atoms with E-state index in [0.29, 0.717) is 11.4 Å². The predicted octanol–water partition coefficient (Wildman–Crippen LogP) is 1.92. The van der Waals surface area contributed by atoms with Crippen LogP contribution in [-0.4, -0.2) is 31.1 Å². The lowest BCUT2D eigenvalue weighted by molar-refractivity contribution is -0.138. The van der Waals surface area contributed by atoms with Crippen LogP contribution in [0, 0.1) is 0 Å². The molecule has 5 heteroatoms. The summed E-state index contributed by atoms with van der Waals surface area (Å²) in [5.41, 5.74) is 0.880. The number of nitrogens with zero attached hydrogens (tertiary/aromatic N) is 1. The van der Waals surface area contributed by atoms with Gasteiger partial charge in [0, 0.05) is 5.57 Å². The molecule has 1 heterocycles. The quantitative estimate of drug-likeness (QED) is 0.622. The molecule has 1 aliphatic rings. The molecule has 1 aromatic rings. The molecule has 0 aliphatic carbocycles. The number of fused-ring (bicyclic) bond motifs is 1. The van der Waals surface area contributed by atoms with Crippen LogP contribution in [0.15, 0.2) is 36.4 Å². The fourth-order valence-electron chi connectivity index (χ4n) is 2.01. The van der Waals surface area contributed by atoms with E-state index < -0.39 is 12.1 Å². The SMILES string of the molecule is C=C(CN1C(=O)C(C)Oc2ccccc21)C(=O)OCC. The summed E-state index contributed by atoms with van der Waals surface area (Å²) >= 11 is 0. The number of amides is 1. The number of ether oxygens (including phenoxy) is 2. The van der Waals surface area contributed by atoms with Gasteiger partial charge in [-0.1, -0.05) is 18.7 Å². The molecule has 2 rings (SSSR count). The summed E-state index contributed by atoms with van der Waals surface area (Å²) < 4.78 is 10.4. The minimum absolute atomic E-state index is 0.0996. The lowest BCUT2D eigenvalue weighted by Crippen LogP contribution is -2.45. The Labute approximate surface area is 117 Å². The Morgan fingerprint density at radius 1 is 1.45 bits per heavy atom. The van der Waals surface area contributed by atoms with E-state index in [1.54, 1.807) is 26.0 Å². The second-order valence-corrected chi connectivity index (χ2v) is 4.48.